The average Bonchev–Trinajstić information content (AvgIpc) is 3.11. The fourth-order valence-electron chi connectivity index (χ4n) is 3.10. The normalized spacial score (nSPS) is 12.7. The summed E-state index contributed by atoms with van der Waals surface area (Å²) in [6, 6.07) is 10.0. The van der Waals surface area contributed by atoms with E-state index in [2.05, 4.69) is 62.3 Å². The van der Waals surface area contributed by atoms with Crippen molar-refractivity contribution < 1.29 is 4.79 Å². The van der Waals surface area contributed by atoms with Crippen LogP contribution in [0.1, 0.15) is 50.8 Å². The molecule has 0 fully saturated rings. The Balaban J connectivity index is 1.76. The molecule has 3 aromatic rings. The molecule has 0 saturated heterocycles. The van der Waals surface area contributed by atoms with Crippen molar-refractivity contribution in [2.75, 3.05) is 0 Å². The highest BCUT2D eigenvalue weighted by Gasteiger charge is 2.19. The second kappa shape index (κ2) is 8.05. The van der Waals surface area contributed by atoms with Crippen molar-refractivity contribution in [3.05, 3.63) is 63.5 Å². The SMILES string of the molecule is CC(C)c1ccc([C@H](NC(=O)Cn2cnc3sccc3c2=O)C(C)C)cc1. The van der Waals surface area contributed by atoms with Crippen LogP contribution in [-0.2, 0) is 11.3 Å². The van der Waals surface area contributed by atoms with Crippen molar-refractivity contribution >= 4 is 27.5 Å². The first-order chi connectivity index (χ1) is 12.9. The van der Waals surface area contributed by atoms with Crippen LogP contribution in [-0.4, -0.2) is 15.5 Å². The molecule has 27 heavy (non-hydrogen) atoms. The highest BCUT2D eigenvalue weighted by atomic mass is 32.1. The van der Waals surface area contributed by atoms with E-state index in [1.165, 1.54) is 27.8 Å². The lowest BCUT2D eigenvalue weighted by molar-refractivity contribution is -0.122. The Morgan fingerprint density at radius 1 is 1.11 bits per heavy atom. The van der Waals surface area contributed by atoms with Crippen LogP contribution in [0.5, 0.6) is 0 Å². The van der Waals surface area contributed by atoms with Crippen molar-refractivity contribution in [1.82, 2.24) is 14.9 Å². The van der Waals surface area contributed by atoms with Gasteiger partial charge in [0.25, 0.3) is 5.56 Å². The van der Waals surface area contributed by atoms with Gasteiger partial charge in [-0.2, -0.15) is 0 Å². The Bertz CT molecular complexity index is 987. The molecule has 2 heterocycles. The minimum Gasteiger partial charge on any atom is -0.347 e. The van der Waals surface area contributed by atoms with E-state index in [4.69, 9.17) is 0 Å². The predicted molar refractivity (Wildman–Crippen MR) is 110 cm³/mol. The van der Waals surface area contributed by atoms with Gasteiger partial charge < -0.3 is 5.32 Å². The maximum atomic E-state index is 12.6. The van der Waals surface area contributed by atoms with Crippen LogP contribution in [0.2, 0.25) is 0 Å². The van der Waals surface area contributed by atoms with E-state index in [0.29, 0.717) is 16.1 Å². The number of nitrogens with one attached hydrogen (secondary N) is 1. The Hall–Kier alpha value is -2.47. The topological polar surface area (TPSA) is 64.0 Å². The van der Waals surface area contributed by atoms with Gasteiger partial charge in [-0.1, -0.05) is 52.0 Å². The third-order valence-corrected chi connectivity index (χ3v) is 5.53. The molecule has 0 saturated carbocycles. The maximum absolute atomic E-state index is 12.6. The summed E-state index contributed by atoms with van der Waals surface area (Å²) in [7, 11) is 0. The number of fused-ring (bicyclic) bond motifs is 1. The van der Waals surface area contributed by atoms with E-state index in [1.807, 2.05) is 5.38 Å². The smallest absolute Gasteiger partial charge is 0.262 e. The highest BCUT2D eigenvalue weighted by Crippen LogP contribution is 2.24. The van der Waals surface area contributed by atoms with Crippen LogP contribution < -0.4 is 10.9 Å². The summed E-state index contributed by atoms with van der Waals surface area (Å²) in [5.74, 6) is 0.505. The summed E-state index contributed by atoms with van der Waals surface area (Å²) in [6.07, 6.45) is 1.45. The minimum atomic E-state index is -0.194. The van der Waals surface area contributed by atoms with Crippen molar-refractivity contribution in [3.8, 4) is 0 Å². The minimum absolute atomic E-state index is 0.0368. The predicted octanol–water partition coefficient (Wildman–Crippen LogP) is 4.09. The van der Waals surface area contributed by atoms with Gasteiger partial charge in [-0.3, -0.25) is 14.2 Å². The van der Waals surface area contributed by atoms with Gasteiger partial charge in [0.2, 0.25) is 5.91 Å². The van der Waals surface area contributed by atoms with Crippen LogP contribution in [0.25, 0.3) is 10.2 Å². The molecule has 0 radical (unpaired) electrons. The Kier molecular flexibility index (Phi) is 5.75. The first-order valence-electron chi connectivity index (χ1n) is 9.18. The van der Waals surface area contributed by atoms with Crippen molar-refractivity contribution in [3.63, 3.8) is 0 Å². The molecule has 5 nitrogen and oxygen atoms in total. The molecule has 0 aliphatic rings. The lowest BCUT2D eigenvalue weighted by atomic mass is 9.93. The molecule has 0 bridgehead atoms. The molecule has 6 heteroatoms. The van der Waals surface area contributed by atoms with Crippen LogP contribution in [0.3, 0.4) is 0 Å². The number of carbonyl (C=O) groups is 1. The molecule has 0 aliphatic heterocycles. The zero-order chi connectivity index (χ0) is 19.6. The summed E-state index contributed by atoms with van der Waals surface area (Å²) in [5, 5.41) is 5.46. The highest BCUT2D eigenvalue weighted by molar-refractivity contribution is 7.16. The van der Waals surface area contributed by atoms with Crippen LogP contribution in [0.15, 0.2) is 46.8 Å². The standard InChI is InChI=1S/C21H25N3O2S/c1-13(2)15-5-7-16(8-6-15)19(14(3)4)23-18(25)11-24-12-22-20-17(21(24)26)9-10-27-20/h5-10,12-14,19H,11H2,1-4H3,(H,23,25)/t19-/m1/s1. The maximum Gasteiger partial charge on any atom is 0.262 e. The average molecular weight is 384 g/mol. The second-order valence-electron chi connectivity index (χ2n) is 7.43. The molecule has 1 atom stereocenters. The number of aromatic nitrogens is 2. The van der Waals surface area contributed by atoms with E-state index in [9.17, 15) is 9.59 Å². The number of benzene rings is 1. The van der Waals surface area contributed by atoms with E-state index in [-0.39, 0.29) is 30.0 Å². The van der Waals surface area contributed by atoms with Crippen molar-refractivity contribution in [2.24, 2.45) is 5.92 Å². The van der Waals surface area contributed by atoms with Gasteiger partial charge in [0.1, 0.15) is 11.4 Å². The van der Waals surface area contributed by atoms with Gasteiger partial charge in [-0.15, -0.1) is 11.3 Å². The Morgan fingerprint density at radius 2 is 1.78 bits per heavy atom. The molecule has 1 amide bonds. The van der Waals surface area contributed by atoms with Crippen molar-refractivity contribution in [1.29, 1.82) is 0 Å². The molecule has 0 aliphatic carbocycles. The zero-order valence-corrected chi connectivity index (χ0v) is 16.9. The van der Waals surface area contributed by atoms with E-state index < -0.39 is 0 Å². The number of carbonyl (C=O) groups excluding carboxylic acids is 1. The monoisotopic (exact) mass is 383 g/mol. The van der Waals surface area contributed by atoms with Gasteiger partial charge in [-0.25, -0.2) is 4.98 Å². The summed E-state index contributed by atoms with van der Waals surface area (Å²) in [6.45, 7) is 8.43. The lowest BCUT2D eigenvalue weighted by Gasteiger charge is -2.23. The van der Waals surface area contributed by atoms with Gasteiger partial charge in [0.05, 0.1) is 17.8 Å². The first-order valence-corrected chi connectivity index (χ1v) is 10.1. The van der Waals surface area contributed by atoms with E-state index in [0.717, 1.165) is 5.56 Å². The molecule has 142 valence electrons. The molecular weight excluding hydrogens is 358 g/mol. The van der Waals surface area contributed by atoms with Gasteiger partial charge >= 0.3 is 0 Å². The molecule has 3 rings (SSSR count). The third-order valence-electron chi connectivity index (χ3n) is 4.71. The Labute approximate surface area is 163 Å². The van der Waals surface area contributed by atoms with E-state index in [1.54, 1.807) is 6.07 Å². The number of hydrogen-bond acceptors (Lipinski definition) is 4. The summed E-state index contributed by atoms with van der Waals surface area (Å²) < 4.78 is 1.36. The van der Waals surface area contributed by atoms with Crippen LogP contribution >= 0.6 is 11.3 Å². The first kappa shape index (κ1) is 19.3. The molecular formula is C21H25N3O2S. The molecule has 1 N–H and O–H groups in total. The number of rotatable bonds is 6. The quantitative estimate of drug-likeness (QED) is 0.697. The molecule has 1 aromatic carbocycles. The summed E-state index contributed by atoms with van der Waals surface area (Å²) in [4.78, 5) is 30.0. The number of hydrogen-bond donors (Lipinski definition) is 1. The zero-order valence-electron chi connectivity index (χ0n) is 16.1. The number of amides is 1. The fourth-order valence-corrected chi connectivity index (χ4v) is 3.83. The van der Waals surface area contributed by atoms with Crippen LogP contribution in [0.4, 0.5) is 0 Å². The van der Waals surface area contributed by atoms with Crippen LogP contribution in [0, 0.1) is 5.92 Å². The van der Waals surface area contributed by atoms with Gasteiger partial charge in [0, 0.05) is 0 Å². The molecule has 0 spiro atoms. The van der Waals surface area contributed by atoms with E-state index >= 15 is 0 Å². The number of nitrogens with zero attached hydrogens (tertiary/aromatic N) is 2. The summed E-state index contributed by atoms with van der Waals surface area (Å²) in [5.41, 5.74) is 2.16. The molecule has 2 aromatic heterocycles. The largest absolute Gasteiger partial charge is 0.347 e. The Morgan fingerprint density at radius 3 is 2.41 bits per heavy atom. The molecule has 0 unspecified atom stereocenters. The fraction of sp³-hybridized carbons (Fsp3) is 0.381. The lowest BCUT2D eigenvalue weighted by Crippen LogP contribution is -2.36. The van der Waals surface area contributed by atoms with Gasteiger partial charge in [0.15, 0.2) is 0 Å². The van der Waals surface area contributed by atoms with Crippen molar-refractivity contribution in [2.45, 2.75) is 46.2 Å². The summed E-state index contributed by atoms with van der Waals surface area (Å²) >= 11 is 1.42. The number of thiophene rings is 1. The third kappa shape index (κ3) is 4.27. The van der Waals surface area contributed by atoms with Gasteiger partial charge in [-0.05, 0) is 34.4 Å². The second-order valence-corrected chi connectivity index (χ2v) is 8.32.